The average Bonchev–Trinajstić information content (AvgIpc) is 3.13. The first kappa shape index (κ1) is 18.6. The number of H-pyrrole nitrogens is 1. The Balaban J connectivity index is 1.81. The number of halogens is 3. The molecule has 27 heavy (non-hydrogen) atoms. The van der Waals surface area contributed by atoms with Gasteiger partial charge in [0.15, 0.2) is 0 Å². The van der Waals surface area contributed by atoms with Gasteiger partial charge in [-0.1, -0.05) is 0 Å². The third-order valence-electron chi connectivity index (χ3n) is 3.55. The first-order chi connectivity index (χ1) is 12.8. The molecular formula is C17H12F3N3O3S. The van der Waals surface area contributed by atoms with E-state index in [2.05, 4.69) is 10.3 Å². The second-order valence-corrected chi connectivity index (χ2v) is 6.21. The minimum atomic E-state index is -4.65. The lowest BCUT2D eigenvalue weighted by molar-refractivity contribution is -0.137. The van der Waals surface area contributed by atoms with Gasteiger partial charge in [0.05, 0.1) is 12.7 Å². The number of benzene rings is 1. The van der Waals surface area contributed by atoms with Gasteiger partial charge in [0.1, 0.15) is 22.1 Å². The van der Waals surface area contributed by atoms with Gasteiger partial charge >= 0.3 is 6.18 Å². The Morgan fingerprint density at radius 2 is 1.96 bits per heavy atom. The summed E-state index contributed by atoms with van der Waals surface area (Å²) in [4.78, 5) is 30.1. The largest absolute Gasteiger partial charge is 0.497 e. The van der Waals surface area contributed by atoms with Crippen molar-refractivity contribution in [1.82, 2.24) is 9.97 Å². The van der Waals surface area contributed by atoms with Crippen molar-refractivity contribution < 1.29 is 22.7 Å². The summed E-state index contributed by atoms with van der Waals surface area (Å²) in [6.45, 7) is 0. The highest BCUT2D eigenvalue weighted by molar-refractivity contribution is 7.13. The predicted octanol–water partition coefficient (Wildman–Crippen LogP) is 3.78. The minimum absolute atomic E-state index is 0.0115. The van der Waals surface area contributed by atoms with Crippen LogP contribution in [-0.2, 0) is 6.18 Å². The van der Waals surface area contributed by atoms with Crippen LogP contribution < -0.4 is 15.6 Å². The van der Waals surface area contributed by atoms with E-state index in [9.17, 15) is 22.8 Å². The van der Waals surface area contributed by atoms with Crippen LogP contribution in [0, 0.1) is 0 Å². The number of alkyl halides is 3. The number of hydrogen-bond donors (Lipinski definition) is 2. The summed E-state index contributed by atoms with van der Waals surface area (Å²) < 4.78 is 43.3. The quantitative estimate of drug-likeness (QED) is 0.704. The minimum Gasteiger partial charge on any atom is -0.497 e. The van der Waals surface area contributed by atoms with Crippen LogP contribution in [-0.4, -0.2) is 23.0 Å². The summed E-state index contributed by atoms with van der Waals surface area (Å²) in [5.41, 5.74) is -1.69. The fourth-order valence-corrected chi connectivity index (χ4v) is 2.98. The molecule has 0 spiro atoms. The number of nitrogens with one attached hydrogen (secondary N) is 2. The van der Waals surface area contributed by atoms with Crippen molar-refractivity contribution in [1.29, 1.82) is 0 Å². The number of pyridine rings is 1. The van der Waals surface area contributed by atoms with Gasteiger partial charge in [-0.05, 0) is 30.3 Å². The number of anilines is 1. The molecule has 0 radical (unpaired) electrons. The summed E-state index contributed by atoms with van der Waals surface area (Å²) in [5, 5.41) is 4.16. The second kappa shape index (κ2) is 7.23. The monoisotopic (exact) mass is 395 g/mol. The van der Waals surface area contributed by atoms with Crippen molar-refractivity contribution in [3.8, 4) is 16.3 Å². The lowest BCUT2D eigenvalue weighted by Gasteiger charge is -2.08. The molecule has 0 atom stereocenters. The van der Waals surface area contributed by atoms with E-state index in [0.29, 0.717) is 23.0 Å². The standard InChI is InChI=1S/C17H12F3N3O3S/c1-26-11-4-2-9(3-5-11)16-23-13(8-27-16)15(25)22-12-6-10(17(18,19)20)7-21-14(12)24/h2-8H,1H3,(H,21,24)(H,22,25). The molecule has 0 unspecified atom stereocenters. The van der Waals surface area contributed by atoms with Gasteiger partial charge in [0, 0.05) is 17.1 Å². The van der Waals surface area contributed by atoms with E-state index in [1.807, 2.05) is 4.98 Å². The van der Waals surface area contributed by atoms with Crippen LogP contribution >= 0.6 is 11.3 Å². The molecule has 6 nitrogen and oxygen atoms in total. The number of rotatable bonds is 4. The molecule has 2 N–H and O–H groups in total. The molecule has 2 aromatic heterocycles. The Morgan fingerprint density at radius 1 is 1.26 bits per heavy atom. The Labute approximate surface area is 154 Å². The molecule has 10 heteroatoms. The molecular weight excluding hydrogens is 383 g/mol. The summed E-state index contributed by atoms with van der Waals surface area (Å²) in [6, 6.07) is 7.57. The van der Waals surface area contributed by atoms with Gasteiger partial charge in [-0.15, -0.1) is 11.3 Å². The van der Waals surface area contributed by atoms with Crippen LogP contribution in [0.3, 0.4) is 0 Å². The molecule has 2 heterocycles. The zero-order valence-electron chi connectivity index (χ0n) is 13.8. The van der Waals surface area contributed by atoms with Gasteiger partial charge in [-0.25, -0.2) is 4.98 Å². The van der Waals surface area contributed by atoms with Gasteiger partial charge in [-0.2, -0.15) is 13.2 Å². The van der Waals surface area contributed by atoms with Crippen LogP contribution in [0.5, 0.6) is 5.75 Å². The number of thiazole rings is 1. The topological polar surface area (TPSA) is 84.1 Å². The maximum atomic E-state index is 12.8. The Hall–Kier alpha value is -3.14. The second-order valence-electron chi connectivity index (χ2n) is 5.35. The molecule has 0 saturated heterocycles. The third-order valence-corrected chi connectivity index (χ3v) is 4.44. The lowest BCUT2D eigenvalue weighted by atomic mass is 10.2. The predicted molar refractivity (Wildman–Crippen MR) is 94.1 cm³/mol. The van der Waals surface area contributed by atoms with Crippen molar-refractivity contribution in [3.63, 3.8) is 0 Å². The SMILES string of the molecule is COc1ccc(-c2nc(C(=O)Nc3cc(C(F)(F)F)c[nH]c3=O)cs2)cc1. The molecule has 140 valence electrons. The van der Waals surface area contributed by atoms with Gasteiger partial charge in [0.2, 0.25) is 0 Å². The molecule has 0 saturated carbocycles. The highest BCUT2D eigenvalue weighted by Gasteiger charge is 2.31. The summed E-state index contributed by atoms with van der Waals surface area (Å²) in [5.74, 6) is -0.118. The molecule has 3 rings (SSSR count). The number of methoxy groups -OCH3 is 1. The molecule has 1 amide bonds. The van der Waals surface area contributed by atoms with E-state index in [-0.39, 0.29) is 5.69 Å². The third kappa shape index (κ3) is 4.17. The number of amides is 1. The highest BCUT2D eigenvalue weighted by Crippen LogP contribution is 2.29. The number of hydrogen-bond acceptors (Lipinski definition) is 5. The molecule has 0 bridgehead atoms. The zero-order chi connectivity index (χ0) is 19.6. The molecule has 0 aliphatic rings. The average molecular weight is 395 g/mol. The molecule has 3 aromatic rings. The smallest absolute Gasteiger partial charge is 0.417 e. The van der Waals surface area contributed by atoms with E-state index in [4.69, 9.17) is 4.74 Å². The van der Waals surface area contributed by atoms with Crippen molar-refractivity contribution in [2.24, 2.45) is 0 Å². The first-order valence-corrected chi connectivity index (χ1v) is 8.37. The maximum absolute atomic E-state index is 12.8. The van der Waals surface area contributed by atoms with Crippen LogP contribution in [0.2, 0.25) is 0 Å². The fourth-order valence-electron chi connectivity index (χ4n) is 2.17. The van der Waals surface area contributed by atoms with Crippen molar-refractivity contribution in [2.45, 2.75) is 6.18 Å². The Morgan fingerprint density at radius 3 is 2.59 bits per heavy atom. The van der Waals surface area contributed by atoms with Gasteiger partial charge in [0.25, 0.3) is 11.5 Å². The first-order valence-electron chi connectivity index (χ1n) is 7.49. The highest BCUT2D eigenvalue weighted by atomic mass is 32.1. The van der Waals surface area contributed by atoms with Gasteiger partial charge in [-0.3, -0.25) is 9.59 Å². The fraction of sp³-hybridized carbons (Fsp3) is 0.118. The number of carbonyl (C=O) groups excluding carboxylic acids is 1. The summed E-state index contributed by atoms with van der Waals surface area (Å²) >= 11 is 1.19. The number of carbonyl (C=O) groups is 1. The summed E-state index contributed by atoms with van der Waals surface area (Å²) in [6.07, 6.45) is -4.10. The van der Waals surface area contributed by atoms with E-state index in [0.717, 1.165) is 5.56 Å². The van der Waals surface area contributed by atoms with E-state index >= 15 is 0 Å². The summed E-state index contributed by atoms with van der Waals surface area (Å²) in [7, 11) is 1.54. The number of aromatic nitrogens is 2. The van der Waals surface area contributed by atoms with Crippen LogP contribution in [0.15, 0.2) is 46.7 Å². The lowest BCUT2D eigenvalue weighted by Crippen LogP contribution is -2.21. The van der Waals surface area contributed by atoms with Crippen molar-refractivity contribution >= 4 is 22.9 Å². The Kier molecular flexibility index (Phi) is 5.00. The molecule has 0 fully saturated rings. The number of nitrogens with zero attached hydrogens (tertiary/aromatic N) is 1. The number of ether oxygens (including phenoxy) is 1. The normalized spacial score (nSPS) is 11.3. The van der Waals surface area contributed by atoms with Crippen molar-refractivity contribution in [3.05, 3.63) is 63.5 Å². The van der Waals surface area contributed by atoms with Crippen LogP contribution in [0.4, 0.5) is 18.9 Å². The van der Waals surface area contributed by atoms with E-state index in [1.165, 1.54) is 23.8 Å². The van der Waals surface area contributed by atoms with Crippen molar-refractivity contribution in [2.75, 3.05) is 12.4 Å². The van der Waals surface area contributed by atoms with Crippen LogP contribution in [0.25, 0.3) is 10.6 Å². The maximum Gasteiger partial charge on any atom is 0.417 e. The Bertz CT molecular complexity index is 1030. The molecule has 0 aliphatic heterocycles. The van der Waals surface area contributed by atoms with Gasteiger partial charge < -0.3 is 15.0 Å². The number of aromatic amines is 1. The van der Waals surface area contributed by atoms with E-state index < -0.39 is 28.9 Å². The van der Waals surface area contributed by atoms with E-state index in [1.54, 1.807) is 24.3 Å². The van der Waals surface area contributed by atoms with Crippen LogP contribution in [0.1, 0.15) is 16.1 Å². The molecule has 0 aliphatic carbocycles. The molecule has 1 aromatic carbocycles. The zero-order valence-corrected chi connectivity index (χ0v) is 14.6.